The van der Waals surface area contributed by atoms with E-state index in [9.17, 15) is 4.79 Å². The summed E-state index contributed by atoms with van der Waals surface area (Å²) >= 11 is 0. The molecule has 28 heavy (non-hydrogen) atoms. The van der Waals surface area contributed by atoms with E-state index in [1.54, 1.807) is 6.08 Å². The summed E-state index contributed by atoms with van der Waals surface area (Å²) in [6.45, 7) is 19.4. The number of hydrogen-bond donors (Lipinski definition) is 1. The van der Waals surface area contributed by atoms with E-state index in [1.807, 2.05) is 31.7 Å². The van der Waals surface area contributed by atoms with Gasteiger partial charge in [-0.05, 0) is 59.2 Å². The quantitative estimate of drug-likeness (QED) is 0.388. The van der Waals surface area contributed by atoms with Gasteiger partial charge < -0.3 is 15.0 Å². The number of morpholine rings is 1. The van der Waals surface area contributed by atoms with Crippen LogP contribution in [0.1, 0.15) is 53.9 Å². The van der Waals surface area contributed by atoms with Crippen molar-refractivity contribution in [1.82, 2.24) is 10.2 Å². The van der Waals surface area contributed by atoms with Crippen LogP contribution in [0.4, 0.5) is 0 Å². The first-order valence-corrected chi connectivity index (χ1v) is 10.1. The van der Waals surface area contributed by atoms with E-state index in [-0.39, 0.29) is 17.6 Å². The van der Waals surface area contributed by atoms with Crippen molar-refractivity contribution >= 4 is 12.6 Å². The first-order chi connectivity index (χ1) is 13.3. The monoisotopic (exact) mass is 385 g/mol. The molecule has 5 nitrogen and oxygen atoms in total. The molecule has 1 atom stereocenters. The number of rotatable bonds is 8. The van der Waals surface area contributed by atoms with Gasteiger partial charge in [0.1, 0.15) is 5.82 Å². The van der Waals surface area contributed by atoms with Crippen LogP contribution in [-0.4, -0.2) is 48.9 Å². The second-order valence-electron chi connectivity index (χ2n) is 8.13. The average molecular weight is 386 g/mol. The van der Waals surface area contributed by atoms with Crippen LogP contribution in [0.15, 0.2) is 51.8 Å². The number of nitrogens with zero attached hydrogens (tertiary/aromatic N) is 2. The topological polar surface area (TPSA) is 53.9 Å². The maximum Gasteiger partial charge on any atom is 0.254 e. The van der Waals surface area contributed by atoms with Gasteiger partial charge >= 0.3 is 0 Å². The van der Waals surface area contributed by atoms with Crippen molar-refractivity contribution in [2.24, 2.45) is 4.99 Å². The fourth-order valence-electron chi connectivity index (χ4n) is 3.54. The maximum absolute atomic E-state index is 13.4. The number of aliphatic imine (C=N–C) groups is 1. The number of carbonyl (C=O) groups excluding carboxylic acids is 1. The molecule has 154 valence electrons. The number of hydrogen-bond acceptors (Lipinski definition) is 4. The van der Waals surface area contributed by atoms with Gasteiger partial charge in [0, 0.05) is 23.2 Å². The minimum atomic E-state index is -0.0797. The summed E-state index contributed by atoms with van der Waals surface area (Å²) in [5.41, 5.74) is 3.78. The smallest absolute Gasteiger partial charge is 0.254 e. The largest absolute Gasteiger partial charge is 0.370 e. The molecule has 2 aliphatic rings. The molecule has 1 aliphatic heterocycles. The maximum atomic E-state index is 13.4. The number of amides is 1. The lowest BCUT2D eigenvalue weighted by Crippen LogP contribution is -2.47. The van der Waals surface area contributed by atoms with Gasteiger partial charge in [-0.15, -0.1) is 0 Å². The third kappa shape index (κ3) is 5.22. The summed E-state index contributed by atoms with van der Waals surface area (Å²) < 4.78 is 5.93. The Morgan fingerprint density at radius 1 is 1.36 bits per heavy atom. The highest BCUT2D eigenvalue weighted by atomic mass is 16.5. The number of carbonyl (C=O) groups is 1. The van der Waals surface area contributed by atoms with Crippen LogP contribution in [0.5, 0.6) is 0 Å². The lowest BCUT2D eigenvalue weighted by Gasteiger charge is -2.35. The minimum absolute atomic E-state index is 0.0313. The van der Waals surface area contributed by atoms with Crippen molar-refractivity contribution in [3.05, 3.63) is 46.8 Å². The van der Waals surface area contributed by atoms with E-state index in [0.29, 0.717) is 31.1 Å². The molecule has 1 saturated heterocycles. The summed E-state index contributed by atoms with van der Waals surface area (Å²) in [7, 11) is 0. The lowest BCUT2D eigenvalue weighted by molar-refractivity contribution is -0.133. The van der Waals surface area contributed by atoms with Crippen LogP contribution in [-0.2, 0) is 9.53 Å². The van der Waals surface area contributed by atoms with Gasteiger partial charge in [-0.2, -0.15) is 0 Å². The summed E-state index contributed by atoms with van der Waals surface area (Å²) in [6.07, 6.45) is 6.79. The number of ether oxygens (including phenoxy) is 1. The van der Waals surface area contributed by atoms with Crippen molar-refractivity contribution in [2.75, 3.05) is 19.7 Å². The highest BCUT2D eigenvalue weighted by Gasteiger charge is 2.38. The third-order valence-corrected chi connectivity index (χ3v) is 5.53. The molecule has 0 radical (unpaired) electrons. The zero-order valence-corrected chi connectivity index (χ0v) is 18.1. The Morgan fingerprint density at radius 2 is 2.04 bits per heavy atom. The Hall–Kier alpha value is -2.14. The van der Waals surface area contributed by atoms with Crippen LogP contribution >= 0.6 is 0 Å². The summed E-state index contributed by atoms with van der Waals surface area (Å²) in [5, 5.41) is 3.46. The molecule has 1 amide bonds. The molecule has 5 heteroatoms. The van der Waals surface area contributed by atoms with Gasteiger partial charge in [0.2, 0.25) is 0 Å². The molecule has 0 aromatic heterocycles. The molecule has 1 aliphatic carbocycles. The molecule has 0 bridgehead atoms. The first kappa shape index (κ1) is 22.2. The minimum Gasteiger partial charge on any atom is -0.370 e. The molecule has 1 N–H and O–H groups in total. The van der Waals surface area contributed by atoms with Gasteiger partial charge in [-0.1, -0.05) is 31.2 Å². The molecule has 0 aromatic rings. The Morgan fingerprint density at radius 3 is 2.54 bits per heavy atom. The van der Waals surface area contributed by atoms with Gasteiger partial charge in [0.15, 0.2) is 0 Å². The van der Waals surface area contributed by atoms with Crippen molar-refractivity contribution < 1.29 is 9.53 Å². The number of nitrogens with one attached hydrogen (secondary N) is 1. The molecule has 1 unspecified atom stereocenters. The highest BCUT2D eigenvalue weighted by Crippen LogP contribution is 2.36. The standard InChI is InChI=1S/C23H35N3O2/c1-8-10-18(9-2)19-15-26(13-14-28-19)22(27)20(16(3)4)17(5)21(24-7)25-23(6)11-12-23/h8,10,19,25H,1,7,9,11-15H2,2-6H3/b18-10+,21-17-. The fourth-order valence-corrected chi connectivity index (χ4v) is 3.54. The molecular formula is C23H35N3O2. The summed E-state index contributed by atoms with van der Waals surface area (Å²) in [5.74, 6) is 0.735. The van der Waals surface area contributed by atoms with E-state index in [2.05, 4.69) is 37.5 Å². The highest BCUT2D eigenvalue weighted by molar-refractivity contribution is 5.98. The second-order valence-corrected chi connectivity index (χ2v) is 8.13. The lowest BCUT2D eigenvalue weighted by atomic mass is 9.99. The van der Waals surface area contributed by atoms with Crippen molar-refractivity contribution in [1.29, 1.82) is 0 Å². The molecule has 1 saturated carbocycles. The van der Waals surface area contributed by atoms with E-state index in [1.165, 1.54) is 0 Å². The van der Waals surface area contributed by atoms with Gasteiger partial charge in [0.25, 0.3) is 5.91 Å². The molecule has 2 rings (SSSR count). The van der Waals surface area contributed by atoms with Gasteiger partial charge in [-0.3, -0.25) is 4.79 Å². The Balaban J connectivity index is 2.27. The Bertz CT molecular complexity index is 722. The van der Waals surface area contributed by atoms with Crippen molar-refractivity contribution in [2.45, 2.75) is 65.5 Å². The zero-order valence-electron chi connectivity index (χ0n) is 18.1. The van der Waals surface area contributed by atoms with E-state index >= 15 is 0 Å². The van der Waals surface area contributed by atoms with E-state index in [4.69, 9.17) is 4.74 Å². The SMILES string of the molecule is C=C/C=C(\CC)C1CN(C(=O)C(=C(C)C)/C(C)=C(/N=C)NC2(C)CC2)CCO1. The van der Waals surface area contributed by atoms with Crippen molar-refractivity contribution in [3.63, 3.8) is 0 Å². The Kier molecular flexibility index (Phi) is 7.41. The Labute approximate surface area is 169 Å². The van der Waals surface area contributed by atoms with Crippen LogP contribution in [0.2, 0.25) is 0 Å². The van der Waals surface area contributed by atoms with Crippen LogP contribution in [0, 0.1) is 0 Å². The van der Waals surface area contributed by atoms with Gasteiger partial charge in [-0.25, -0.2) is 4.99 Å². The number of allylic oxidation sites excluding steroid dienone is 3. The zero-order chi connectivity index (χ0) is 20.9. The van der Waals surface area contributed by atoms with Gasteiger partial charge in [0.05, 0.1) is 19.3 Å². The van der Waals surface area contributed by atoms with Crippen molar-refractivity contribution in [3.8, 4) is 0 Å². The molecule has 0 spiro atoms. The summed E-state index contributed by atoms with van der Waals surface area (Å²) in [6, 6.07) is 0. The van der Waals surface area contributed by atoms with Crippen LogP contribution in [0.3, 0.4) is 0 Å². The molecule has 0 aromatic carbocycles. The predicted molar refractivity (Wildman–Crippen MR) is 116 cm³/mol. The molecule has 2 fully saturated rings. The average Bonchev–Trinajstić information content (AvgIpc) is 3.41. The summed E-state index contributed by atoms with van der Waals surface area (Å²) in [4.78, 5) is 19.5. The first-order valence-electron chi connectivity index (χ1n) is 10.1. The molecule has 1 heterocycles. The van der Waals surface area contributed by atoms with Crippen LogP contribution < -0.4 is 5.32 Å². The third-order valence-electron chi connectivity index (χ3n) is 5.53. The molecular weight excluding hydrogens is 350 g/mol. The van der Waals surface area contributed by atoms with E-state index in [0.717, 1.165) is 36.0 Å². The van der Waals surface area contributed by atoms with E-state index < -0.39 is 0 Å². The predicted octanol–water partition coefficient (Wildman–Crippen LogP) is 4.15. The second kappa shape index (κ2) is 9.37. The van der Waals surface area contributed by atoms with Crippen LogP contribution in [0.25, 0.3) is 0 Å². The fraction of sp³-hybridized carbons (Fsp3) is 0.565. The normalized spacial score (nSPS) is 22.1.